The van der Waals surface area contributed by atoms with Gasteiger partial charge in [0.2, 0.25) is 0 Å². The SMILES string of the molecule is CNC(CO)COc1ccc(Oc2ccccc2)cc1. The minimum atomic E-state index is -0.0600. The van der Waals surface area contributed by atoms with E-state index in [-0.39, 0.29) is 12.6 Å². The molecule has 0 amide bonds. The highest BCUT2D eigenvalue weighted by atomic mass is 16.5. The summed E-state index contributed by atoms with van der Waals surface area (Å²) in [6, 6.07) is 17.0. The molecule has 0 saturated heterocycles. The first kappa shape index (κ1) is 14.4. The monoisotopic (exact) mass is 273 g/mol. The molecule has 0 aromatic heterocycles. The quantitative estimate of drug-likeness (QED) is 0.813. The molecular formula is C16H19NO3. The van der Waals surface area contributed by atoms with Crippen LogP contribution in [0, 0.1) is 0 Å². The van der Waals surface area contributed by atoms with Gasteiger partial charge in [0.05, 0.1) is 12.6 Å². The largest absolute Gasteiger partial charge is 0.492 e. The lowest BCUT2D eigenvalue weighted by atomic mass is 10.3. The van der Waals surface area contributed by atoms with E-state index in [1.165, 1.54) is 0 Å². The maximum absolute atomic E-state index is 9.05. The lowest BCUT2D eigenvalue weighted by Crippen LogP contribution is -2.34. The molecule has 0 spiro atoms. The van der Waals surface area contributed by atoms with E-state index in [9.17, 15) is 0 Å². The van der Waals surface area contributed by atoms with Gasteiger partial charge in [-0.1, -0.05) is 18.2 Å². The number of hydrogen-bond donors (Lipinski definition) is 2. The van der Waals surface area contributed by atoms with Gasteiger partial charge in [-0.05, 0) is 43.4 Å². The van der Waals surface area contributed by atoms with Gasteiger partial charge in [0.25, 0.3) is 0 Å². The van der Waals surface area contributed by atoms with Crippen molar-refractivity contribution >= 4 is 0 Å². The van der Waals surface area contributed by atoms with Gasteiger partial charge in [-0.2, -0.15) is 0 Å². The van der Waals surface area contributed by atoms with Gasteiger partial charge in [-0.25, -0.2) is 0 Å². The molecule has 4 heteroatoms. The van der Waals surface area contributed by atoms with Crippen LogP contribution in [0.25, 0.3) is 0 Å². The first-order chi connectivity index (χ1) is 9.81. The topological polar surface area (TPSA) is 50.7 Å². The van der Waals surface area contributed by atoms with Gasteiger partial charge in [0, 0.05) is 0 Å². The summed E-state index contributed by atoms with van der Waals surface area (Å²) in [5, 5.41) is 12.0. The predicted molar refractivity (Wildman–Crippen MR) is 78.4 cm³/mol. The number of benzene rings is 2. The second kappa shape index (κ2) is 7.53. The molecule has 0 saturated carbocycles. The molecule has 2 aromatic rings. The normalized spacial score (nSPS) is 11.9. The van der Waals surface area contributed by atoms with Crippen LogP contribution in [0.15, 0.2) is 54.6 Å². The van der Waals surface area contributed by atoms with Gasteiger partial charge in [0.15, 0.2) is 0 Å². The fraction of sp³-hybridized carbons (Fsp3) is 0.250. The molecule has 20 heavy (non-hydrogen) atoms. The van der Waals surface area contributed by atoms with E-state index in [2.05, 4.69) is 5.32 Å². The highest BCUT2D eigenvalue weighted by Gasteiger charge is 2.05. The molecule has 106 valence electrons. The molecule has 4 nitrogen and oxygen atoms in total. The second-order valence-electron chi connectivity index (χ2n) is 4.37. The number of aliphatic hydroxyl groups is 1. The Kier molecular flexibility index (Phi) is 5.41. The highest BCUT2D eigenvalue weighted by Crippen LogP contribution is 2.23. The van der Waals surface area contributed by atoms with Crippen LogP contribution in [0.4, 0.5) is 0 Å². The van der Waals surface area contributed by atoms with E-state index in [0.717, 1.165) is 17.2 Å². The first-order valence-electron chi connectivity index (χ1n) is 6.55. The fourth-order valence-electron chi connectivity index (χ4n) is 1.65. The Morgan fingerprint density at radius 1 is 0.950 bits per heavy atom. The van der Waals surface area contributed by atoms with Crippen molar-refractivity contribution in [1.29, 1.82) is 0 Å². The van der Waals surface area contributed by atoms with Crippen molar-refractivity contribution in [3.63, 3.8) is 0 Å². The van der Waals surface area contributed by atoms with Crippen molar-refractivity contribution in [2.45, 2.75) is 6.04 Å². The van der Waals surface area contributed by atoms with Gasteiger partial charge >= 0.3 is 0 Å². The average molecular weight is 273 g/mol. The molecule has 0 aliphatic carbocycles. The van der Waals surface area contributed by atoms with Crippen molar-refractivity contribution in [2.75, 3.05) is 20.3 Å². The summed E-state index contributed by atoms with van der Waals surface area (Å²) in [4.78, 5) is 0. The summed E-state index contributed by atoms with van der Waals surface area (Å²) >= 11 is 0. The van der Waals surface area contributed by atoms with Crippen molar-refractivity contribution in [3.05, 3.63) is 54.6 Å². The molecule has 0 fully saturated rings. The molecule has 0 radical (unpaired) electrons. The molecule has 1 unspecified atom stereocenters. The standard InChI is InChI=1S/C16H19NO3/c1-17-13(11-18)12-19-14-7-9-16(10-8-14)20-15-5-3-2-4-6-15/h2-10,13,17-18H,11-12H2,1H3. The van der Waals surface area contributed by atoms with Crippen molar-refractivity contribution < 1.29 is 14.6 Å². The van der Waals surface area contributed by atoms with E-state index in [4.69, 9.17) is 14.6 Å². The van der Waals surface area contributed by atoms with Crippen LogP contribution >= 0.6 is 0 Å². The summed E-state index contributed by atoms with van der Waals surface area (Å²) in [5.74, 6) is 2.31. The number of para-hydroxylation sites is 1. The van der Waals surface area contributed by atoms with Gasteiger partial charge in [-0.3, -0.25) is 0 Å². The van der Waals surface area contributed by atoms with Gasteiger partial charge in [0.1, 0.15) is 23.9 Å². The lowest BCUT2D eigenvalue weighted by molar-refractivity contribution is 0.189. The smallest absolute Gasteiger partial charge is 0.127 e. The fourth-order valence-corrected chi connectivity index (χ4v) is 1.65. The molecule has 1 atom stereocenters. The number of ether oxygens (including phenoxy) is 2. The highest BCUT2D eigenvalue weighted by molar-refractivity contribution is 5.35. The molecule has 2 rings (SSSR count). The van der Waals surface area contributed by atoms with E-state index in [0.29, 0.717) is 6.61 Å². The second-order valence-corrected chi connectivity index (χ2v) is 4.37. The summed E-state index contributed by atoms with van der Waals surface area (Å²) in [6.45, 7) is 0.470. The Morgan fingerprint density at radius 2 is 1.55 bits per heavy atom. The summed E-state index contributed by atoms with van der Waals surface area (Å²) in [7, 11) is 1.79. The zero-order valence-electron chi connectivity index (χ0n) is 11.5. The average Bonchev–Trinajstić information content (AvgIpc) is 2.51. The van der Waals surface area contributed by atoms with Crippen LogP contribution in [0.2, 0.25) is 0 Å². The first-order valence-corrected chi connectivity index (χ1v) is 6.55. The number of likely N-dealkylation sites (N-methyl/N-ethyl adjacent to an activating group) is 1. The van der Waals surface area contributed by atoms with Crippen LogP contribution in [0.1, 0.15) is 0 Å². The van der Waals surface area contributed by atoms with Crippen LogP contribution < -0.4 is 14.8 Å². The van der Waals surface area contributed by atoms with Crippen LogP contribution in [0.3, 0.4) is 0 Å². The Balaban J connectivity index is 1.90. The lowest BCUT2D eigenvalue weighted by Gasteiger charge is -2.14. The van der Waals surface area contributed by atoms with Gasteiger partial charge < -0.3 is 19.9 Å². The third-order valence-electron chi connectivity index (χ3n) is 2.88. The molecule has 2 aromatic carbocycles. The van der Waals surface area contributed by atoms with Gasteiger partial charge in [-0.15, -0.1) is 0 Å². The van der Waals surface area contributed by atoms with Crippen LogP contribution in [-0.4, -0.2) is 31.4 Å². The molecule has 2 N–H and O–H groups in total. The Bertz CT molecular complexity index is 495. The van der Waals surface area contributed by atoms with Crippen LogP contribution in [0.5, 0.6) is 17.2 Å². The van der Waals surface area contributed by atoms with Crippen LogP contribution in [-0.2, 0) is 0 Å². The van der Waals surface area contributed by atoms with E-state index in [1.807, 2.05) is 54.6 Å². The number of aliphatic hydroxyl groups excluding tert-OH is 1. The number of rotatable bonds is 7. The molecule has 0 aliphatic rings. The van der Waals surface area contributed by atoms with E-state index in [1.54, 1.807) is 7.05 Å². The molecular weight excluding hydrogens is 254 g/mol. The van der Waals surface area contributed by atoms with E-state index >= 15 is 0 Å². The minimum absolute atomic E-state index is 0.0473. The number of hydrogen-bond acceptors (Lipinski definition) is 4. The minimum Gasteiger partial charge on any atom is -0.492 e. The maximum Gasteiger partial charge on any atom is 0.127 e. The molecule has 0 bridgehead atoms. The molecule has 0 heterocycles. The van der Waals surface area contributed by atoms with Crippen molar-refractivity contribution in [3.8, 4) is 17.2 Å². The van der Waals surface area contributed by atoms with Crippen molar-refractivity contribution in [2.24, 2.45) is 0 Å². The number of nitrogens with one attached hydrogen (secondary N) is 1. The molecule has 0 aliphatic heterocycles. The summed E-state index contributed by atoms with van der Waals surface area (Å²) < 4.78 is 11.3. The Morgan fingerprint density at radius 3 is 2.15 bits per heavy atom. The Labute approximate surface area is 119 Å². The zero-order chi connectivity index (χ0) is 14.2. The zero-order valence-corrected chi connectivity index (χ0v) is 11.5. The maximum atomic E-state index is 9.05. The van der Waals surface area contributed by atoms with Crippen molar-refractivity contribution in [1.82, 2.24) is 5.32 Å². The third kappa shape index (κ3) is 4.26. The Hall–Kier alpha value is -2.04. The third-order valence-corrected chi connectivity index (χ3v) is 2.88. The predicted octanol–water partition coefficient (Wildman–Crippen LogP) is 2.44. The summed E-state index contributed by atoms with van der Waals surface area (Å²) in [5.41, 5.74) is 0. The summed E-state index contributed by atoms with van der Waals surface area (Å²) in [6.07, 6.45) is 0. The van der Waals surface area contributed by atoms with E-state index < -0.39 is 0 Å².